The van der Waals surface area contributed by atoms with Crippen LogP contribution < -0.4 is 43.4 Å². The largest absolute Gasteiger partial charge is 0.481 e. The van der Waals surface area contributed by atoms with Crippen LogP contribution in [0.4, 0.5) is 0 Å². The Morgan fingerprint density at radius 3 is 1.89 bits per heavy atom. The highest BCUT2D eigenvalue weighted by atomic mass is 16.4. The summed E-state index contributed by atoms with van der Waals surface area (Å²) in [5.74, 6) is -8.50. The van der Waals surface area contributed by atoms with Crippen LogP contribution in [0.25, 0.3) is 0 Å². The van der Waals surface area contributed by atoms with Gasteiger partial charge < -0.3 is 63.6 Å². The van der Waals surface area contributed by atoms with E-state index in [0.717, 1.165) is 0 Å². The monoisotopic (exact) mass is 875 g/mol. The Kier molecular flexibility index (Phi) is 22.5. The number of unbranched alkanes of at least 4 members (excludes halogenated alkanes) is 1. The number of carbonyl (C=O) groups is 9. The molecule has 0 aliphatic carbocycles. The number of benzene rings is 1. The van der Waals surface area contributed by atoms with Gasteiger partial charge in [0.25, 0.3) is 0 Å². The van der Waals surface area contributed by atoms with E-state index in [4.69, 9.17) is 11.5 Å². The zero-order chi connectivity index (χ0) is 46.5. The van der Waals surface area contributed by atoms with Crippen molar-refractivity contribution < 1.29 is 58.5 Å². The van der Waals surface area contributed by atoms with Crippen molar-refractivity contribution in [2.24, 2.45) is 23.3 Å². The zero-order valence-corrected chi connectivity index (χ0v) is 35.9. The van der Waals surface area contributed by atoms with Gasteiger partial charge in [0.15, 0.2) is 0 Å². The second-order valence-electron chi connectivity index (χ2n) is 16.2. The molecule has 1 aromatic carbocycles. The van der Waals surface area contributed by atoms with Crippen LogP contribution in [0.1, 0.15) is 84.6 Å². The van der Waals surface area contributed by atoms with Gasteiger partial charge in [-0.05, 0) is 68.9 Å². The molecule has 0 aromatic heterocycles. The molecule has 1 heterocycles. The lowest BCUT2D eigenvalue weighted by atomic mass is 10.0. The number of nitrogens with one attached hydrogen (secondary N) is 6. The first-order valence-corrected chi connectivity index (χ1v) is 20.9. The lowest BCUT2D eigenvalue weighted by molar-refractivity contribution is -0.143. The maximum Gasteiger partial charge on any atom is 0.326 e. The fraction of sp³-hybridized carbons (Fsp3) is 0.634. The molecule has 1 aliphatic heterocycles. The minimum atomic E-state index is -1.73. The topological polar surface area (TPSA) is 342 Å². The molecule has 62 heavy (non-hydrogen) atoms. The fourth-order valence-electron chi connectivity index (χ4n) is 6.80. The third kappa shape index (κ3) is 18.1. The van der Waals surface area contributed by atoms with Gasteiger partial charge in [-0.1, -0.05) is 58.0 Å². The van der Waals surface area contributed by atoms with E-state index in [9.17, 15) is 58.5 Å². The number of likely N-dealkylation sites (tertiary alicyclic amines) is 1. The Bertz CT molecular complexity index is 1700. The molecule has 1 fully saturated rings. The van der Waals surface area contributed by atoms with Gasteiger partial charge in [-0.2, -0.15) is 0 Å². The van der Waals surface area contributed by atoms with Crippen molar-refractivity contribution in [2.75, 3.05) is 26.2 Å². The summed E-state index contributed by atoms with van der Waals surface area (Å²) in [4.78, 5) is 118. The number of aliphatic carboxylic acids is 2. The number of amides is 7. The van der Waals surface area contributed by atoms with Crippen LogP contribution in [-0.2, 0) is 49.6 Å². The first kappa shape index (κ1) is 52.5. The zero-order valence-electron chi connectivity index (χ0n) is 35.9. The number of rotatable bonds is 27. The quantitative estimate of drug-likeness (QED) is 0.0421. The van der Waals surface area contributed by atoms with E-state index < -0.39 is 115 Å². The second-order valence-corrected chi connectivity index (χ2v) is 16.2. The lowest BCUT2D eigenvalue weighted by Crippen LogP contribution is -2.59. The van der Waals surface area contributed by atoms with Crippen molar-refractivity contribution in [1.29, 1.82) is 0 Å². The number of aliphatic hydroxyl groups is 1. The summed E-state index contributed by atoms with van der Waals surface area (Å²) >= 11 is 0. The summed E-state index contributed by atoms with van der Waals surface area (Å²) in [7, 11) is 0. The number of carboxylic acid groups (broad SMARTS) is 2. The van der Waals surface area contributed by atoms with Crippen LogP contribution in [0.5, 0.6) is 0 Å². The molecule has 0 bridgehead atoms. The third-order valence-electron chi connectivity index (χ3n) is 10.00. The highest BCUT2D eigenvalue weighted by Gasteiger charge is 2.37. The van der Waals surface area contributed by atoms with E-state index in [1.807, 2.05) is 27.7 Å². The normalized spacial score (nSPS) is 16.5. The molecule has 13 N–H and O–H groups in total. The molecule has 7 unspecified atom stereocenters. The molecule has 7 amide bonds. The lowest BCUT2D eigenvalue weighted by Gasteiger charge is -2.28. The molecule has 0 radical (unpaired) electrons. The number of carbonyl (C=O) groups excluding carboxylic acids is 7. The van der Waals surface area contributed by atoms with Gasteiger partial charge in [0.1, 0.15) is 36.3 Å². The van der Waals surface area contributed by atoms with Crippen molar-refractivity contribution in [3.8, 4) is 0 Å². The van der Waals surface area contributed by atoms with Crippen molar-refractivity contribution in [3.63, 3.8) is 0 Å². The minimum Gasteiger partial charge on any atom is -0.481 e. The van der Waals surface area contributed by atoms with Crippen LogP contribution in [-0.4, -0.2) is 142 Å². The standard InChI is InChI=1S/C41H65N9O12/c1-23(2)17-26(43)35(55)49-31(22-51)39(59)47-29(20-34(53)54)36(56)44-21-33(52)50-16-10-14-32(50)40(60)45-27(13-8-9-15-42)37(57)46-28(19-25-11-6-5-7-12-25)38(58)48-30(41(61)62)18-24(3)4/h5-7,11-12,23-24,26-32,51H,8-10,13-22,42-43H2,1-4H3,(H,44,56)(H,45,60)(H,46,57)(H,47,59)(H,48,58)(H,49,55)(H,53,54)(H,61,62). The Hall–Kier alpha value is -5.67. The van der Waals surface area contributed by atoms with E-state index in [-0.39, 0.29) is 50.5 Å². The molecule has 7 atom stereocenters. The van der Waals surface area contributed by atoms with Gasteiger partial charge in [-0.15, -0.1) is 0 Å². The van der Waals surface area contributed by atoms with E-state index >= 15 is 0 Å². The van der Waals surface area contributed by atoms with E-state index in [0.29, 0.717) is 31.4 Å². The predicted octanol–water partition coefficient (Wildman–Crippen LogP) is -2.14. The SMILES string of the molecule is CC(C)CC(N)C(=O)NC(CO)C(=O)NC(CC(=O)O)C(=O)NCC(=O)N1CCCC1C(=O)NC(CCCCN)C(=O)NC(Cc1ccccc1)C(=O)NC(CC(C)C)C(=O)O. The predicted molar refractivity (Wildman–Crippen MR) is 224 cm³/mol. The number of carboxylic acids is 2. The number of nitrogens with zero attached hydrogens (tertiary/aromatic N) is 1. The highest BCUT2D eigenvalue weighted by molar-refractivity contribution is 5.97. The van der Waals surface area contributed by atoms with Crippen molar-refractivity contribution in [3.05, 3.63) is 35.9 Å². The summed E-state index contributed by atoms with van der Waals surface area (Å²) in [6.45, 7) is 6.07. The van der Waals surface area contributed by atoms with Gasteiger partial charge in [0.05, 0.1) is 25.6 Å². The van der Waals surface area contributed by atoms with Gasteiger partial charge in [0.2, 0.25) is 41.4 Å². The summed E-state index contributed by atoms with van der Waals surface area (Å²) in [5.41, 5.74) is 12.2. The molecule has 0 spiro atoms. The van der Waals surface area contributed by atoms with Gasteiger partial charge >= 0.3 is 11.9 Å². The van der Waals surface area contributed by atoms with Gasteiger partial charge in [0, 0.05) is 13.0 Å². The van der Waals surface area contributed by atoms with Crippen LogP contribution in [0.15, 0.2) is 30.3 Å². The Labute approximate surface area is 361 Å². The summed E-state index contributed by atoms with van der Waals surface area (Å²) in [6, 6.07) is -0.254. The number of hydrogen-bond acceptors (Lipinski definition) is 12. The van der Waals surface area contributed by atoms with Crippen LogP contribution in [0.3, 0.4) is 0 Å². The first-order chi connectivity index (χ1) is 29.3. The van der Waals surface area contributed by atoms with Gasteiger partial charge in [-0.3, -0.25) is 38.4 Å². The molecule has 21 heteroatoms. The average Bonchev–Trinajstić information content (AvgIpc) is 3.71. The van der Waals surface area contributed by atoms with Crippen molar-refractivity contribution in [2.45, 2.75) is 128 Å². The fourth-order valence-corrected chi connectivity index (χ4v) is 6.80. The molecule has 1 saturated heterocycles. The first-order valence-electron chi connectivity index (χ1n) is 20.9. The number of nitrogens with two attached hydrogens (primary N) is 2. The smallest absolute Gasteiger partial charge is 0.326 e. The minimum absolute atomic E-state index is 0.00918. The van der Waals surface area contributed by atoms with Crippen LogP contribution in [0, 0.1) is 11.8 Å². The van der Waals surface area contributed by atoms with E-state index in [1.54, 1.807) is 30.3 Å². The second kappa shape index (κ2) is 26.6. The molecular weight excluding hydrogens is 811 g/mol. The third-order valence-corrected chi connectivity index (χ3v) is 10.00. The molecule has 0 saturated carbocycles. The van der Waals surface area contributed by atoms with Crippen LogP contribution >= 0.6 is 0 Å². The van der Waals surface area contributed by atoms with Crippen LogP contribution in [0.2, 0.25) is 0 Å². The summed E-state index contributed by atoms with van der Waals surface area (Å²) in [5, 5.41) is 43.6. The highest BCUT2D eigenvalue weighted by Crippen LogP contribution is 2.18. The Morgan fingerprint density at radius 1 is 0.726 bits per heavy atom. The van der Waals surface area contributed by atoms with Crippen molar-refractivity contribution >= 4 is 53.3 Å². The molecule has 346 valence electrons. The van der Waals surface area contributed by atoms with E-state index in [2.05, 4.69) is 31.9 Å². The molecule has 21 nitrogen and oxygen atoms in total. The molecule has 1 aromatic rings. The number of hydrogen-bond donors (Lipinski definition) is 11. The maximum absolute atomic E-state index is 13.9. The Balaban J connectivity index is 2.19. The van der Waals surface area contributed by atoms with Crippen molar-refractivity contribution in [1.82, 2.24) is 36.8 Å². The molecule has 2 rings (SSSR count). The number of aliphatic hydroxyl groups excluding tert-OH is 1. The average molecular weight is 876 g/mol. The summed E-state index contributed by atoms with van der Waals surface area (Å²) in [6.07, 6.45) is 1.11. The molecular formula is C41H65N9O12. The maximum atomic E-state index is 13.9. The van der Waals surface area contributed by atoms with E-state index in [1.165, 1.54) is 4.90 Å². The Morgan fingerprint density at radius 2 is 1.31 bits per heavy atom. The van der Waals surface area contributed by atoms with Gasteiger partial charge in [-0.25, -0.2) is 4.79 Å². The summed E-state index contributed by atoms with van der Waals surface area (Å²) < 4.78 is 0. The molecule has 1 aliphatic rings.